The first-order chi connectivity index (χ1) is 56.3. The minimum atomic E-state index is -2.43. The molecule has 0 aromatic carbocycles. The first-order valence-electron chi connectivity index (χ1n) is 37.2. The Morgan fingerprint density at radius 2 is 0.517 bits per heavy atom. The monoisotopic (exact) mass is 1730 g/mol. The van der Waals surface area contributed by atoms with E-state index >= 15 is 0 Å². The standard InChI is InChI=1S/C73H101NO46/c1-20-21-93-69-51(92)59(104-38(13)85)54(46(112-69)23-95-30(5)77)116-71-65(109-43(18)90)62(107-41(16)88)57(49(115-71)26-98-33(8)80)117-72-66(110-44(19)91)63(56(103-37(12)84)48(113-72)25-97-32(7)79)119-68-50(74-28(3)75)58(53(101-35(10)82)45(111-68)22-94-29(4)76)118-73-67(61(106-40(15)87)55(102-36(11)83)47(114-73)24-96-31(6)78)120-70-64(108-42(17)89)60(105-39(14)86)52(27(2)99-70)100-34(9)81/h20,27,45-73,92H,1,21-26H2,2-19H3,(H,74,75)/t27-,45+,46+,47+,48+,49+,50+,51+,52+,53-,54+,55-,56-,57-,58+,59+,60+,61-,62-,63-,64-,65+,66+,67+,68-,69+,70-,71-,72-,73-/m0/s1. The van der Waals surface area contributed by atoms with Crippen LogP contribution in [0, 0.1) is 0 Å². The zero-order valence-electron chi connectivity index (χ0n) is 68.7. The van der Waals surface area contributed by atoms with Gasteiger partial charge in [0.25, 0.3) is 0 Å². The molecule has 0 aromatic rings. The number of rotatable bonds is 35. The lowest BCUT2D eigenvalue weighted by molar-refractivity contribution is -0.393. The molecule has 120 heavy (non-hydrogen) atoms. The number of aliphatic hydroxyl groups is 1. The number of hydrogen-bond donors (Lipinski definition) is 2. The third kappa shape index (κ3) is 29.0. The van der Waals surface area contributed by atoms with Crippen molar-refractivity contribution in [3.63, 3.8) is 0 Å². The molecule has 674 valence electrons. The summed E-state index contributed by atoms with van der Waals surface area (Å²) in [5.74, 6) is -18.7. The molecule has 2 N–H and O–H groups in total. The lowest BCUT2D eigenvalue weighted by Crippen LogP contribution is -2.72. The van der Waals surface area contributed by atoms with Crippen molar-refractivity contribution in [2.24, 2.45) is 0 Å². The van der Waals surface area contributed by atoms with Gasteiger partial charge in [0, 0.05) is 118 Å². The van der Waals surface area contributed by atoms with E-state index in [0.29, 0.717) is 0 Å². The van der Waals surface area contributed by atoms with E-state index in [4.69, 9.17) is 133 Å². The molecule has 0 radical (unpaired) electrons. The maximum Gasteiger partial charge on any atom is 0.303 e. The Hall–Kier alpha value is -9.79. The summed E-state index contributed by atoms with van der Waals surface area (Å²) < 4.78 is 168. The Morgan fingerprint density at radius 3 is 0.875 bits per heavy atom. The van der Waals surface area contributed by atoms with Crippen molar-refractivity contribution in [3.05, 3.63) is 12.7 Å². The molecule has 0 bridgehead atoms. The van der Waals surface area contributed by atoms with Gasteiger partial charge in [-0.2, -0.15) is 0 Å². The lowest BCUT2D eigenvalue weighted by atomic mass is 9.93. The van der Waals surface area contributed by atoms with E-state index in [0.717, 1.165) is 118 Å². The van der Waals surface area contributed by atoms with Crippen molar-refractivity contribution >= 4 is 101 Å². The van der Waals surface area contributed by atoms with Crippen LogP contribution in [0.3, 0.4) is 0 Å². The van der Waals surface area contributed by atoms with E-state index < -0.39 is 319 Å². The summed E-state index contributed by atoms with van der Waals surface area (Å²) in [5.41, 5.74) is 0. The molecule has 30 atom stereocenters. The van der Waals surface area contributed by atoms with Crippen molar-refractivity contribution in [1.29, 1.82) is 0 Å². The normalized spacial score (nSPS) is 33.9. The van der Waals surface area contributed by atoms with E-state index in [1.165, 1.54) is 13.0 Å². The molecule has 6 rings (SSSR count). The van der Waals surface area contributed by atoms with Crippen molar-refractivity contribution in [3.8, 4) is 0 Å². The van der Waals surface area contributed by atoms with Gasteiger partial charge in [-0.25, -0.2) is 0 Å². The number of esters is 16. The van der Waals surface area contributed by atoms with Crippen molar-refractivity contribution in [2.75, 3.05) is 39.6 Å². The zero-order valence-corrected chi connectivity index (χ0v) is 68.7. The Morgan fingerprint density at radius 1 is 0.275 bits per heavy atom. The first-order valence-corrected chi connectivity index (χ1v) is 37.2. The topological polar surface area (TPSA) is 581 Å². The molecule has 6 aliphatic rings. The van der Waals surface area contributed by atoms with Gasteiger partial charge in [0.15, 0.2) is 111 Å². The highest BCUT2D eigenvalue weighted by Gasteiger charge is 2.64. The van der Waals surface area contributed by atoms with Gasteiger partial charge in [-0.3, -0.25) is 81.5 Å². The third-order valence-electron chi connectivity index (χ3n) is 17.5. The molecule has 1 amide bonds. The third-order valence-corrected chi connectivity index (χ3v) is 17.5. The molecule has 6 aliphatic heterocycles. The summed E-state index contributed by atoms with van der Waals surface area (Å²) in [6, 6.07) is -2.19. The van der Waals surface area contributed by atoms with Crippen LogP contribution in [0.25, 0.3) is 0 Å². The highest BCUT2D eigenvalue weighted by Crippen LogP contribution is 2.43. The van der Waals surface area contributed by atoms with Gasteiger partial charge in [-0.05, 0) is 6.92 Å². The average molecular weight is 1730 g/mol. The number of nitrogens with one attached hydrogen (secondary N) is 1. The van der Waals surface area contributed by atoms with Crippen LogP contribution in [0.4, 0.5) is 0 Å². The fraction of sp³-hybridized carbons (Fsp3) is 0.740. The molecule has 0 aromatic heterocycles. The summed E-state index contributed by atoms with van der Waals surface area (Å²) in [7, 11) is 0. The van der Waals surface area contributed by atoms with Crippen molar-refractivity contribution in [2.45, 2.75) is 309 Å². The van der Waals surface area contributed by atoms with Gasteiger partial charge in [0.05, 0.1) is 12.7 Å². The maximum absolute atomic E-state index is 14.2. The van der Waals surface area contributed by atoms with E-state index in [1.807, 2.05) is 0 Å². The van der Waals surface area contributed by atoms with Gasteiger partial charge in [0.1, 0.15) is 100 Å². The van der Waals surface area contributed by atoms with Crippen LogP contribution >= 0.6 is 0 Å². The van der Waals surface area contributed by atoms with Crippen molar-refractivity contribution < 1.29 is 219 Å². The van der Waals surface area contributed by atoms with Crippen LogP contribution in [0.15, 0.2) is 12.7 Å². The minimum Gasteiger partial charge on any atom is -0.463 e. The van der Waals surface area contributed by atoms with Gasteiger partial charge in [-0.1, -0.05) is 6.08 Å². The summed E-state index contributed by atoms with van der Waals surface area (Å²) in [4.78, 5) is 225. The maximum atomic E-state index is 14.2. The Balaban J connectivity index is 1.65. The Labute approximate surface area is 685 Å². The average Bonchev–Trinajstić information content (AvgIpc) is 0.753. The number of aliphatic hydroxyl groups excluding tert-OH is 1. The second-order valence-electron chi connectivity index (χ2n) is 27.6. The quantitative estimate of drug-likeness (QED) is 0.0374. The van der Waals surface area contributed by atoms with E-state index in [2.05, 4.69) is 11.9 Å². The molecular formula is C73H101NO46. The van der Waals surface area contributed by atoms with Gasteiger partial charge >= 0.3 is 95.5 Å². The molecule has 0 saturated carbocycles. The number of hydrogen-bond acceptors (Lipinski definition) is 46. The van der Waals surface area contributed by atoms with Gasteiger partial charge in [0.2, 0.25) is 5.91 Å². The van der Waals surface area contributed by atoms with E-state index in [9.17, 15) is 86.6 Å². The second kappa shape index (κ2) is 45.7. The second-order valence-corrected chi connectivity index (χ2v) is 27.6. The Kier molecular flexibility index (Phi) is 37.7. The van der Waals surface area contributed by atoms with Crippen LogP contribution in [0.2, 0.25) is 0 Å². The summed E-state index contributed by atoms with van der Waals surface area (Å²) in [5, 5.41) is 14.3. The molecule has 0 spiro atoms. The van der Waals surface area contributed by atoms with Crippen LogP contribution in [0.5, 0.6) is 0 Å². The number of amides is 1. The summed E-state index contributed by atoms with van der Waals surface area (Å²) in [6.45, 7) is 15.4. The van der Waals surface area contributed by atoms with E-state index in [-0.39, 0.29) is 6.61 Å². The van der Waals surface area contributed by atoms with Crippen LogP contribution in [-0.2, 0) is 214 Å². The van der Waals surface area contributed by atoms with Gasteiger partial charge in [-0.15, -0.1) is 6.58 Å². The molecule has 47 nitrogen and oxygen atoms in total. The number of carbonyl (C=O) groups is 17. The van der Waals surface area contributed by atoms with Gasteiger partial charge < -0.3 is 143 Å². The lowest BCUT2D eigenvalue weighted by Gasteiger charge is -2.52. The number of ether oxygens (including phenoxy) is 28. The SMILES string of the molecule is C=CCO[C@@H]1O[C@H](COC(C)=O)[C@@H](O[C@@H]2O[C@H](COC(C)=O)[C@H](O[C@@H]3O[C@H](COC(C)=O)[C@H](OC(C)=O)[C@H](O[C@@H]4O[C@H](COC(C)=O)[C@H](OC(C)=O)[C@H](O[C@@H]5O[C@H](COC(C)=O)[C@H](OC(C)=O)[C@H](OC(C)=O)[C@H]5O[C@@H]5O[C@@H](C)[C@@H](OC(C)=O)[C@@H](OC(C)=O)[C@@H]5OC(C)=O)[C@H]4NC(C)=O)[C@H]3OC(C)=O)[C@H](OC(C)=O)[C@H]2OC(C)=O)[C@H](OC(C)=O)[C@H]1O. The van der Waals surface area contributed by atoms with Crippen LogP contribution in [0.1, 0.15) is 125 Å². The minimum absolute atomic E-state index is 0.277. The molecule has 6 fully saturated rings. The summed E-state index contributed by atoms with van der Waals surface area (Å²) >= 11 is 0. The first kappa shape index (κ1) is 99.0. The molecule has 47 heteroatoms. The fourth-order valence-corrected chi connectivity index (χ4v) is 13.5. The van der Waals surface area contributed by atoms with Crippen molar-refractivity contribution in [1.82, 2.24) is 5.32 Å². The largest absolute Gasteiger partial charge is 0.463 e. The van der Waals surface area contributed by atoms with E-state index in [1.54, 1.807) is 0 Å². The molecule has 6 saturated heterocycles. The predicted molar refractivity (Wildman–Crippen MR) is 376 cm³/mol. The molecule has 6 heterocycles. The smallest absolute Gasteiger partial charge is 0.303 e. The molecule has 0 aliphatic carbocycles. The Bertz CT molecular complexity index is 3660. The fourth-order valence-electron chi connectivity index (χ4n) is 13.5. The van der Waals surface area contributed by atoms with Crippen LogP contribution < -0.4 is 5.32 Å². The van der Waals surface area contributed by atoms with Crippen LogP contribution in [-0.4, -0.2) is 330 Å². The molecular weight excluding hydrogens is 1630 g/mol. The highest BCUT2D eigenvalue weighted by atomic mass is 16.8. The summed E-state index contributed by atoms with van der Waals surface area (Å²) in [6.07, 6.45) is -58.4. The zero-order chi connectivity index (χ0) is 89.6. The number of carbonyl (C=O) groups excluding carboxylic acids is 17. The molecule has 0 unspecified atom stereocenters. The highest BCUT2D eigenvalue weighted by molar-refractivity contribution is 5.74. The predicted octanol–water partition coefficient (Wildman–Crippen LogP) is -2.59.